The number of likely N-dealkylation sites (tertiary alicyclic amines) is 1. The molecule has 1 fully saturated rings. The van der Waals surface area contributed by atoms with E-state index in [4.69, 9.17) is 4.74 Å². The Hall–Kier alpha value is -1.75. The molecule has 0 bridgehead atoms. The number of benzene rings is 1. The minimum Gasteiger partial charge on any atom is -0.473 e. The van der Waals surface area contributed by atoms with Crippen molar-refractivity contribution in [1.29, 1.82) is 0 Å². The van der Waals surface area contributed by atoms with Crippen LogP contribution in [0.2, 0.25) is 0 Å². The number of carbonyl (C=O) groups is 1. The maximum absolute atomic E-state index is 12.2. The number of amides is 2. The number of urea groups is 1. The van der Waals surface area contributed by atoms with Crippen LogP contribution < -0.4 is 10.1 Å². The van der Waals surface area contributed by atoms with Gasteiger partial charge in [-0.1, -0.05) is 25.1 Å². The van der Waals surface area contributed by atoms with Gasteiger partial charge >= 0.3 is 6.03 Å². The number of para-hydroxylation sites is 1. The van der Waals surface area contributed by atoms with Crippen LogP contribution in [0.4, 0.5) is 4.79 Å². The minimum absolute atomic E-state index is 0.0662. The van der Waals surface area contributed by atoms with E-state index in [2.05, 4.69) is 24.2 Å². The summed E-state index contributed by atoms with van der Waals surface area (Å²) in [6.45, 7) is 4.38. The van der Waals surface area contributed by atoms with Crippen LogP contribution in [0.1, 0.15) is 25.3 Å². The van der Waals surface area contributed by atoms with Crippen molar-refractivity contribution in [2.45, 2.75) is 32.2 Å². The molecule has 0 spiro atoms. The standard InChI is InChI=1S/C17H27N3O2/c1-4-14-7-5-6-8-16(14)22-13-18-17(21)20(3)15-9-11-19(2)12-10-15/h5-8,15H,4,9-13H2,1-3H3,(H,18,21). The van der Waals surface area contributed by atoms with E-state index < -0.39 is 0 Å². The second-order valence-corrected chi connectivity index (χ2v) is 5.88. The highest BCUT2D eigenvalue weighted by molar-refractivity contribution is 5.74. The summed E-state index contributed by atoms with van der Waals surface area (Å²) in [5.74, 6) is 0.840. The number of aryl methyl sites for hydroxylation is 1. The van der Waals surface area contributed by atoms with Crippen molar-refractivity contribution >= 4 is 6.03 Å². The first-order valence-electron chi connectivity index (χ1n) is 8.01. The summed E-state index contributed by atoms with van der Waals surface area (Å²) in [7, 11) is 3.99. The molecule has 0 unspecified atom stereocenters. The number of nitrogens with zero attached hydrogens (tertiary/aromatic N) is 2. The highest BCUT2D eigenvalue weighted by Gasteiger charge is 2.23. The van der Waals surface area contributed by atoms with E-state index in [0.717, 1.165) is 43.7 Å². The lowest BCUT2D eigenvalue weighted by atomic mass is 10.0. The zero-order valence-corrected chi connectivity index (χ0v) is 13.8. The normalized spacial score (nSPS) is 16.3. The van der Waals surface area contributed by atoms with Crippen LogP contribution in [0.25, 0.3) is 0 Å². The summed E-state index contributed by atoms with van der Waals surface area (Å²) in [6, 6.07) is 8.18. The van der Waals surface area contributed by atoms with Crippen LogP contribution in [0.5, 0.6) is 5.75 Å². The molecule has 5 heteroatoms. The fourth-order valence-corrected chi connectivity index (χ4v) is 2.79. The lowest BCUT2D eigenvalue weighted by molar-refractivity contribution is 0.141. The van der Waals surface area contributed by atoms with E-state index in [9.17, 15) is 4.79 Å². The van der Waals surface area contributed by atoms with Crippen molar-refractivity contribution in [3.05, 3.63) is 29.8 Å². The number of ether oxygens (including phenoxy) is 1. The van der Waals surface area contributed by atoms with Crippen molar-refractivity contribution in [1.82, 2.24) is 15.1 Å². The quantitative estimate of drug-likeness (QED) is 0.849. The van der Waals surface area contributed by atoms with Gasteiger partial charge in [-0.3, -0.25) is 0 Å². The number of carbonyl (C=O) groups excluding carboxylic acids is 1. The van der Waals surface area contributed by atoms with Crippen LogP contribution in [0, 0.1) is 0 Å². The predicted molar refractivity (Wildman–Crippen MR) is 88.1 cm³/mol. The first kappa shape index (κ1) is 16.6. The van der Waals surface area contributed by atoms with Gasteiger partial charge in [0.2, 0.25) is 0 Å². The van der Waals surface area contributed by atoms with Gasteiger partial charge < -0.3 is 19.9 Å². The molecule has 22 heavy (non-hydrogen) atoms. The van der Waals surface area contributed by atoms with Crippen LogP contribution in [-0.2, 0) is 6.42 Å². The number of nitrogens with one attached hydrogen (secondary N) is 1. The Balaban J connectivity index is 1.77. The molecule has 2 amide bonds. The molecule has 1 heterocycles. The molecule has 1 aliphatic heterocycles. The average molecular weight is 305 g/mol. The van der Waals surface area contributed by atoms with Gasteiger partial charge in [0.25, 0.3) is 0 Å². The van der Waals surface area contributed by atoms with E-state index in [1.165, 1.54) is 0 Å². The first-order chi connectivity index (χ1) is 10.6. The molecule has 1 aromatic rings. The Morgan fingerprint density at radius 3 is 2.73 bits per heavy atom. The number of hydrogen-bond donors (Lipinski definition) is 1. The zero-order valence-electron chi connectivity index (χ0n) is 13.8. The Bertz CT molecular complexity index is 485. The highest BCUT2D eigenvalue weighted by atomic mass is 16.5. The summed E-state index contributed by atoms with van der Waals surface area (Å²) in [4.78, 5) is 16.3. The van der Waals surface area contributed by atoms with Crippen LogP contribution >= 0.6 is 0 Å². The summed E-state index contributed by atoms with van der Waals surface area (Å²) in [5, 5.41) is 2.84. The Morgan fingerprint density at radius 1 is 1.36 bits per heavy atom. The Morgan fingerprint density at radius 2 is 2.05 bits per heavy atom. The average Bonchev–Trinajstić information content (AvgIpc) is 2.55. The second kappa shape index (κ2) is 8.03. The number of rotatable bonds is 5. The van der Waals surface area contributed by atoms with Crippen LogP contribution in [0.3, 0.4) is 0 Å². The zero-order chi connectivity index (χ0) is 15.9. The molecule has 1 aromatic carbocycles. The molecule has 0 atom stereocenters. The van der Waals surface area contributed by atoms with Gasteiger partial charge in [0.1, 0.15) is 5.75 Å². The van der Waals surface area contributed by atoms with E-state index in [-0.39, 0.29) is 12.8 Å². The molecule has 5 nitrogen and oxygen atoms in total. The van der Waals surface area contributed by atoms with E-state index in [1.54, 1.807) is 0 Å². The van der Waals surface area contributed by atoms with Crippen molar-refractivity contribution in [2.75, 3.05) is 33.9 Å². The van der Waals surface area contributed by atoms with Gasteiger partial charge in [-0.15, -0.1) is 0 Å². The van der Waals surface area contributed by atoms with E-state index >= 15 is 0 Å². The second-order valence-electron chi connectivity index (χ2n) is 5.88. The molecular weight excluding hydrogens is 278 g/mol. The molecule has 0 saturated carbocycles. The van der Waals surface area contributed by atoms with Gasteiger partial charge in [0.05, 0.1) is 0 Å². The summed E-state index contributed by atoms with van der Waals surface area (Å²) in [5.41, 5.74) is 1.15. The maximum atomic E-state index is 12.2. The maximum Gasteiger partial charge on any atom is 0.319 e. The molecule has 1 N–H and O–H groups in total. The van der Waals surface area contributed by atoms with Gasteiger partial charge in [0.15, 0.2) is 6.73 Å². The molecule has 0 radical (unpaired) electrons. The summed E-state index contributed by atoms with van der Waals surface area (Å²) >= 11 is 0. The fraction of sp³-hybridized carbons (Fsp3) is 0.588. The molecule has 122 valence electrons. The van der Waals surface area contributed by atoms with Crippen molar-refractivity contribution in [3.63, 3.8) is 0 Å². The molecule has 0 aromatic heterocycles. The van der Waals surface area contributed by atoms with Gasteiger partial charge in [-0.05, 0) is 51.0 Å². The van der Waals surface area contributed by atoms with Gasteiger partial charge in [-0.2, -0.15) is 0 Å². The number of hydrogen-bond acceptors (Lipinski definition) is 3. The SMILES string of the molecule is CCc1ccccc1OCNC(=O)N(C)C1CCN(C)CC1. The predicted octanol–water partition coefficient (Wildman–Crippen LogP) is 2.32. The molecule has 1 saturated heterocycles. The van der Waals surface area contributed by atoms with Crippen molar-refractivity contribution in [2.24, 2.45) is 0 Å². The van der Waals surface area contributed by atoms with Gasteiger partial charge in [0, 0.05) is 13.1 Å². The van der Waals surface area contributed by atoms with Crippen molar-refractivity contribution in [3.8, 4) is 5.75 Å². The fourth-order valence-electron chi connectivity index (χ4n) is 2.79. The summed E-state index contributed by atoms with van der Waals surface area (Å²) < 4.78 is 5.69. The Labute approximate surface area is 133 Å². The van der Waals surface area contributed by atoms with Crippen molar-refractivity contribution < 1.29 is 9.53 Å². The van der Waals surface area contributed by atoms with Gasteiger partial charge in [-0.25, -0.2) is 4.79 Å². The Kier molecular flexibility index (Phi) is 6.07. The minimum atomic E-state index is -0.0662. The largest absolute Gasteiger partial charge is 0.473 e. The lowest BCUT2D eigenvalue weighted by Gasteiger charge is -2.35. The van der Waals surface area contributed by atoms with Crippen LogP contribution in [-0.4, -0.2) is 55.8 Å². The molecule has 1 aliphatic rings. The lowest BCUT2D eigenvalue weighted by Crippen LogP contribution is -2.48. The molecular formula is C17H27N3O2. The smallest absolute Gasteiger partial charge is 0.319 e. The third-order valence-electron chi connectivity index (χ3n) is 4.36. The van der Waals surface area contributed by atoms with E-state index in [1.807, 2.05) is 36.2 Å². The third kappa shape index (κ3) is 4.37. The molecule has 2 rings (SSSR count). The topological polar surface area (TPSA) is 44.8 Å². The third-order valence-corrected chi connectivity index (χ3v) is 4.36. The molecule has 0 aliphatic carbocycles. The van der Waals surface area contributed by atoms with Crippen LogP contribution in [0.15, 0.2) is 24.3 Å². The number of piperidine rings is 1. The van der Waals surface area contributed by atoms with E-state index in [0.29, 0.717) is 6.04 Å². The first-order valence-corrected chi connectivity index (χ1v) is 8.01. The monoisotopic (exact) mass is 305 g/mol. The highest BCUT2D eigenvalue weighted by Crippen LogP contribution is 2.18. The summed E-state index contributed by atoms with van der Waals surface area (Å²) in [6.07, 6.45) is 2.97.